The number of benzene rings is 2. The van der Waals surface area contributed by atoms with Crippen molar-refractivity contribution in [3.63, 3.8) is 0 Å². The van der Waals surface area contributed by atoms with Crippen LogP contribution in [0, 0.1) is 0 Å². The first-order valence-corrected chi connectivity index (χ1v) is 10.4. The molecule has 2 aromatic rings. The predicted molar refractivity (Wildman–Crippen MR) is 105 cm³/mol. The highest BCUT2D eigenvalue weighted by molar-refractivity contribution is 7.89. The molecule has 0 atom stereocenters. The van der Waals surface area contributed by atoms with Crippen LogP contribution in [-0.2, 0) is 16.4 Å². The molecule has 0 radical (unpaired) electrons. The molecule has 1 amide bonds. The number of rotatable bonds is 6. The zero-order valence-corrected chi connectivity index (χ0v) is 16.6. The lowest BCUT2D eigenvalue weighted by atomic mass is 10.1. The summed E-state index contributed by atoms with van der Waals surface area (Å²) in [4.78, 5) is 14.8. The molecule has 0 unspecified atom stereocenters. The van der Waals surface area contributed by atoms with Gasteiger partial charge in [-0.3, -0.25) is 4.79 Å². The van der Waals surface area contributed by atoms with Crippen LogP contribution < -0.4 is 9.64 Å². The van der Waals surface area contributed by atoms with Crippen molar-refractivity contribution < 1.29 is 17.9 Å². The molecule has 0 bridgehead atoms. The molecule has 0 N–H and O–H groups in total. The van der Waals surface area contributed by atoms with Crippen molar-refractivity contribution in [2.45, 2.75) is 24.7 Å². The first kappa shape index (κ1) is 19.4. The van der Waals surface area contributed by atoms with Crippen molar-refractivity contribution >= 4 is 21.6 Å². The van der Waals surface area contributed by atoms with Crippen molar-refractivity contribution in [1.29, 1.82) is 0 Å². The molecule has 3 rings (SSSR count). The quantitative estimate of drug-likeness (QED) is 0.763. The number of anilines is 1. The standard InChI is InChI=1S/C20H24N2O4S/c1-4-13-26-17-7-5-15(6-8-17)20(23)22-12-11-16-14-18(9-10-19(16)22)27(24,25)21(2)3/h5-10,14H,4,11-13H2,1-3H3. The number of hydrogen-bond acceptors (Lipinski definition) is 4. The van der Waals surface area contributed by atoms with Gasteiger partial charge in [-0.2, -0.15) is 0 Å². The summed E-state index contributed by atoms with van der Waals surface area (Å²) in [5.74, 6) is 0.646. The maximum atomic E-state index is 12.9. The van der Waals surface area contributed by atoms with Gasteiger partial charge in [-0.25, -0.2) is 12.7 Å². The average Bonchev–Trinajstić information content (AvgIpc) is 3.09. The summed E-state index contributed by atoms with van der Waals surface area (Å²) in [5, 5.41) is 0. The van der Waals surface area contributed by atoms with Crippen LogP contribution in [-0.4, -0.2) is 45.9 Å². The molecule has 0 aromatic heterocycles. The van der Waals surface area contributed by atoms with Gasteiger partial charge in [0.2, 0.25) is 10.0 Å². The van der Waals surface area contributed by atoms with Gasteiger partial charge >= 0.3 is 0 Å². The van der Waals surface area contributed by atoms with Gasteiger partial charge in [0.1, 0.15) is 5.75 Å². The molecular formula is C20H24N2O4S. The summed E-state index contributed by atoms with van der Waals surface area (Å²) < 4.78 is 31.4. The number of hydrogen-bond donors (Lipinski definition) is 0. The van der Waals surface area contributed by atoms with Gasteiger partial charge in [0.05, 0.1) is 11.5 Å². The minimum atomic E-state index is -3.48. The maximum Gasteiger partial charge on any atom is 0.258 e. The number of carbonyl (C=O) groups is 1. The van der Waals surface area contributed by atoms with E-state index in [1.165, 1.54) is 18.4 Å². The zero-order chi connectivity index (χ0) is 19.6. The Morgan fingerprint density at radius 3 is 2.48 bits per heavy atom. The van der Waals surface area contributed by atoms with E-state index >= 15 is 0 Å². The van der Waals surface area contributed by atoms with Crippen LogP contribution in [0.5, 0.6) is 5.75 Å². The van der Waals surface area contributed by atoms with Gasteiger partial charge in [0.15, 0.2) is 0 Å². The number of amides is 1. The monoisotopic (exact) mass is 388 g/mol. The summed E-state index contributed by atoms with van der Waals surface area (Å²) in [7, 11) is -0.472. The predicted octanol–water partition coefficient (Wildman–Crippen LogP) is 2.93. The van der Waals surface area contributed by atoms with Crippen LogP contribution in [0.1, 0.15) is 29.3 Å². The molecule has 0 aliphatic carbocycles. The van der Waals surface area contributed by atoms with Gasteiger partial charge in [0, 0.05) is 31.9 Å². The van der Waals surface area contributed by atoms with E-state index in [-0.39, 0.29) is 10.8 Å². The van der Waals surface area contributed by atoms with Gasteiger partial charge in [-0.05, 0) is 60.9 Å². The molecule has 2 aromatic carbocycles. The van der Waals surface area contributed by atoms with Crippen LogP contribution >= 0.6 is 0 Å². The van der Waals surface area contributed by atoms with Crippen LogP contribution in [0.2, 0.25) is 0 Å². The molecule has 6 nitrogen and oxygen atoms in total. The third-order valence-corrected chi connectivity index (χ3v) is 6.36. The SMILES string of the molecule is CCCOc1ccc(C(=O)N2CCc3cc(S(=O)(=O)N(C)C)ccc32)cc1. The van der Waals surface area contributed by atoms with E-state index in [1.54, 1.807) is 47.4 Å². The first-order valence-electron chi connectivity index (χ1n) is 8.94. The maximum absolute atomic E-state index is 12.9. The largest absolute Gasteiger partial charge is 0.494 e. The van der Waals surface area contributed by atoms with Crippen LogP contribution in [0.15, 0.2) is 47.4 Å². The Hall–Kier alpha value is -2.38. The Labute approximate surface area is 160 Å². The summed E-state index contributed by atoms with van der Waals surface area (Å²) >= 11 is 0. The molecule has 0 saturated carbocycles. The lowest BCUT2D eigenvalue weighted by Gasteiger charge is -2.18. The van der Waals surface area contributed by atoms with E-state index < -0.39 is 10.0 Å². The van der Waals surface area contributed by atoms with E-state index in [0.29, 0.717) is 25.1 Å². The Kier molecular flexibility index (Phi) is 5.53. The number of carbonyl (C=O) groups excluding carboxylic acids is 1. The Morgan fingerprint density at radius 2 is 1.85 bits per heavy atom. The topological polar surface area (TPSA) is 66.9 Å². The smallest absolute Gasteiger partial charge is 0.258 e. The minimum Gasteiger partial charge on any atom is -0.494 e. The second-order valence-corrected chi connectivity index (χ2v) is 8.81. The number of ether oxygens (including phenoxy) is 1. The summed E-state index contributed by atoms with van der Waals surface area (Å²) in [5.41, 5.74) is 2.22. The number of fused-ring (bicyclic) bond motifs is 1. The van der Waals surface area contributed by atoms with Crippen molar-refractivity contribution in [3.05, 3.63) is 53.6 Å². The second-order valence-electron chi connectivity index (χ2n) is 6.66. The number of sulfonamides is 1. The van der Waals surface area contributed by atoms with E-state index in [1.807, 2.05) is 6.92 Å². The molecule has 27 heavy (non-hydrogen) atoms. The van der Waals surface area contributed by atoms with Gasteiger partial charge in [-0.15, -0.1) is 0 Å². The molecular weight excluding hydrogens is 364 g/mol. The molecule has 1 aliphatic rings. The molecule has 0 saturated heterocycles. The summed E-state index contributed by atoms with van der Waals surface area (Å²) in [6, 6.07) is 12.1. The van der Waals surface area contributed by atoms with Crippen molar-refractivity contribution in [2.24, 2.45) is 0 Å². The lowest BCUT2D eigenvalue weighted by molar-refractivity contribution is 0.0989. The average molecular weight is 388 g/mol. The zero-order valence-electron chi connectivity index (χ0n) is 15.8. The third kappa shape index (κ3) is 3.84. The lowest BCUT2D eigenvalue weighted by Crippen LogP contribution is -2.28. The Morgan fingerprint density at radius 1 is 1.15 bits per heavy atom. The highest BCUT2D eigenvalue weighted by Crippen LogP contribution is 2.32. The van der Waals surface area contributed by atoms with E-state index in [0.717, 1.165) is 23.4 Å². The van der Waals surface area contributed by atoms with Crippen molar-refractivity contribution in [3.8, 4) is 5.75 Å². The first-order chi connectivity index (χ1) is 12.8. The molecule has 7 heteroatoms. The third-order valence-electron chi connectivity index (χ3n) is 4.54. The molecule has 1 aliphatic heterocycles. The highest BCUT2D eigenvalue weighted by atomic mass is 32.2. The van der Waals surface area contributed by atoms with Crippen molar-refractivity contribution in [1.82, 2.24) is 4.31 Å². The van der Waals surface area contributed by atoms with Crippen LogP contribution in [0.4, 0.5) is 5.69 Å². The Bertz CT molecular complexity index is 937. The molecule has 0 fully saturated rings. The fourth-order valence-corrected chi connectivity index (χ4v) is 3.98. The van der Waals surface area contributed by atoms with Gasteiger partial charge in [-0.1, -0.05) is 6.92 Å². The van der Waals surface area contributed by atoms with E-state index in [4.69, 9.17) is 4.74 Å². The number of nitrogens with zero attached hydrogens (tertiary/aromatic N) is 2. The molecule has 0 spiro atoms. The summed E-state index contributed by atoms with van der Waals surface area (Å²) in [6.07, 6.45) is 1.56. The molecule has 1 heterocycles. The fourth-order valence-electron chi connectivity index (χ4n) is 3.03. The normalized spacial score (nSPS) is 13.7. The van der Waals surface area contributed by atoms with Gasteiger partial charge < -0.3 is 9.64 Å². The minimum absolute atomic E-state index is 0.0981. The van der Waals surface area contributed by atoms with Gasteiger partial charge in [0.25, 0.3) is 5.91 Å². The second kappa shape index (κ2) is 7.70. The van der Waals surface area contributed by atoms with E-state index in [9.17, 15) is 13.2 Å². The van der Waals surface area contributed by atoms with E-state index in [2.05, 4.69) is 0 Å². The molecule has 144 valence electrons. The van der Waals surface area contributed by atoms with Crippen LogP contribution in [0.3, 0.4) is 0 Å². The summed E-state index contributed by atoms with van der Waals surface area (Å²) in [6.45, 7) is 3.22. The Balaban J connectivity index is 1.82. The highest BCUT2D eigenvalue weighted by Gasteiger charge is 2.28. The van der Waals surface area contributed by atoms with Crippen LogP contribution in [0.25, 0.3) is 0 Å². The van der Waals surface area contributed by atoms with Crippen molar-refractivity contribution in [2.75, 3.05) is 32.1 Å². The fraction of sp³-hybridized carbons (Fsp3) is 0.350.